The minimum Gasteiger partial charge on any atom is -0.489 e. The van der Waals surface area contributed by atoms with Crippen LogP contribution < -0.4 is 10.1 Å². The lowest BCUT2D eigenvalue weighted by Gasteiger charge is -2.14. The molecule has 2 aromatic rings. The normalized spacial score (nSPS) is 12.0. The first-order chi connectivity index (χ1) is 10.5. The van der Waals surface area contributed by atoms with Crippen LogP contribution in [0.2, 0.25) is 10.0 Å². The molecule has 22 heavy (non-hydrogen) atoms. The SMILES string of the molecule is Cn1ccnc1C(=O)NCC(O)COc1cccc(Cl)c1Cl. The van der Waals surface area contributed by atoms with E-state index in [1.54, 1.807) is 36.0 Å². The molecule has 0 bridgehead atoms. The molecular weight excluding hydrogens is 329 g/mol. The fraction of sp³-hybridized carbons (Fsp3) is 0.286. The number of hydrogen-bond acceptors (Lipinski definition) is 4. The molecule has 1 heterocycles. The highest BCUT2D eigenvalue weighted by molar-refractivity contribution is 6.42. The van der Waals surface area contributed by atoms with Crippen molar-refractivity contribution < 1.29 is 14.6 Å². The van der Waals surface area contributed by atoms with Crippen molar-refractivity contribution in [2.45, 2.75) is 6.10 Å². The molecule has 6 nitrogen and oxygen atoms in total. The summed E-state index contributed by atoms with van der Waals surface area (Å²) in [5, 5.41) is 13.1. The van der Waals surface area contributed by atoms with Crippen molar-refractivity contribution in [3.8, 4) is 5.75 Å². The van der Waals surface area contributed by atoms with E-state index in [-0.39, 0.29) is 29.9 Å². The van der Waals surface area contributed by atoms with Gasteiger partial charge in [-0.1, -0.05) is 29.3 Å². The van der Waals surface area contributed by atoms with Gasteiger partial charge in [-0.3, -0.25) is 4.79 Å². The molecule has 0 radical (unpaired) electrons. The van der Waals surface area contributed by atoms with E-state index in [4.69, 9.17) is 27.9 Å². The standard InChI is InChI=1S/C14H15Cl2N3O3/c1-19-6-5-17-13(19)14(21)18-7-9(20)8-22-11-4-2-3-10(15)12(11)16/h2-6,9,20H,7-8H2,1H3,(H,18,21). The number of benzene rings is 1. The second-order valence-electron chi connectivity index (χ2n) is 4.59. The molecule has 0 fully saturated rings. The number of carbonyl (C=O) groups excluding carboxylic acids is 1. The third-order valence-corrected chi connectivity index (χ3v) is 3.67. The topological polar surface area (TPSA) is 76.4 Å². The molecule has 1 unspecified atom stereocenters. The van der Waals surface area contributed by atoms with Crippen LogP contribution in [-0.4, -0.2) is 39.8 Å². The fourth-order valence-corrected chi connectivity index (χ4v) is 2.06. The maximum atomic E-state index is 11.8. The highest BCUT2D eigenvalue weighted by Gasteiger charge is 2.14. The lowest BCUT2D eigenvalue weighted by atomic mass is 10.3. The van der Waals surface area contributed by atoms with Gasteiger partial charge < -0.3 is 19.7 Å². The molecule has 0 aliphatic carbocycles. The van der Waals surface area contributed by atoms with Gasteiger partial charge in [0.1, 0.15) is 23.5 Å². The van der Waals surface area contributed by atoms with Gasteiger partial charge in [0, 0.05) is 26.0 Å². The number of halogens is 2. The number of hydrogen-bond donors (Lipinski definition) is 2. The van der Waals surface area contributed by atoms with Crippen molar-refractivity contribution in [3.63, 3.8) is 0 Å². The van der Waals surface area contributed by atoms with Crippen molar-refractivity contribution in [2.75, 3.05) is 13.2 Å². The predicted molar refractivity (Wildman–Crippen MR) is 83.5 cm³/mol. The minimum absolute atomic E-state index is 0.0269. The highest BCUT2D eigenvalue weighted by atomic mass is 35.5. The van der Waals surface area contributed by atoms with E-state index in [0.29, 0.717) is 10.8 Å². The average Bonchev–Trinajstić information content (AvgIpc) is 2.92. The number of rotatable bonds is 6. The van der Waals surface area contributed by atoms with E-state index in [1.165, 1.54) is 6.20 Å². The van der Waals surface area contributed by atoms with Crippen LogP contribution in [0.1, 0.15) is 10.6 Å². The Morgan fingerprint density at radius 3 is 2.95 bits per heavy atom. The molecule has 0 aliphatic heterocycles. The van der Waals surface area contributed by atoms with E-state index in [1.807, 2.05) is 0 Å². The number of nitrogens with zero attached hydrogens (tertiary/aromatic N) is 2. The quantitative estimate of drug-likeness (QED) is 0.839. The smallest absolute Gasteiger partial charge is 0.287 e. The number of aromatic nitrogens is 2. The first kappa shape index (κ1) is 16.6. The van der Waals surface area contributed by atoms with Crippen LogP contribution >= 0.6 is 23.2 Å². The van der Waals surface area contributed by atoms with Crippen molar-refractivity contribution in [2.24, 2.45) is 7.05 Å². The van der Waals surface area contributed by atoms with Crippen molar-refractivity contribution in [1.82, 2.24) is 14.9 Å². The number of carbonyl (C=O) groups is 1. The van der Waals surface area contributed by atoms with Crippen LogP contribution in [0.3, 0.4) is 0 Å². The largest absolute Gasteiger partial charge is 0.489 e. The Morgan fingerprint density at radius 1 is 1.50 bits per heavy atom. The third kappa shape index (κ3) is 4.13. The van der Waals surface area contributed by atoms with Gasteiger partial charge in [0.25, 0.3) is 5.91 Å². The highest BCUT2D eigenvalue weighted by Crippen LogP contribution is 2.31. The minimum atomic E-state index is -0.890. The van der Waals surface area contributed by atoms with Crippen molar-refractivity contribution in [3.05, 3.63) is 46.5 Å². The number of aliphatic hydroxyl groups is 1. The fourth-order valence-electron chi connectivity index (χ4n) is 1.71. The number of aryl methyl sites for hydroxylation is 1. The molecule has 0 aliphatic rings. The van der Waals surface area contributed by atoms with E-state index in [2.05, 4.69) is 10.3 Å². The predicted octanol–water partition coefficient (Wildman–Crippen LogP) is 1.90. The Kier molecular flexibility index (Phi) is 5.65. The van der Waals surface area contributed by atoms with Crippen LogP contribution in [0.5, 0.6) is 5.75 Å². The van der Waals surface area contributed by atoms with E-state index < -0.39 is 6.10 Å². The van der Waals surface area contributed by atoms with Gasteiger partial charge in [0.2, 0.25) is 0 Å². The summed E-state index contributed by atoms with van der Waals surface area (Å²) in [6.07, 6.45) is 2.30. The molecule has 0 saturated carbocycles. The summed E-state index contributed by atoms with van der Waals surface area (Å²) in [5.74, 6) is 0.280. The van der Waals surface area contributed by atoms with Crippen LogP contribution in [0.25, 0.3) is 0 Å². The van der Waals surface area contributed by atoms with Gasteiger partial charge in [-0.15, -0.1) is 0 Å². The Morgan fingerprint density at radius 2 is 2.27 bits per heavy atom. The zero-order valence-electron chi connectivity index (χ0n) is 11.8. The van der Waals surface area contributed by atoms with Gasteiger partial charge in [0.15, 0.2) is 5.82 Å². The zero-order valence-corrected chi connectivity index (χ0v) is 13.3. The summed E-state index contributed by atoms with van der Waals surface area (Å²) < 4.78 is 6.97. The van der Waals surface area contributed by atoms with E-state index in [9.17, 15) is 9.90 Å². The number of aliphatic hydroxyl groups excluding tert-OH is 1. The number of imidazole rings is 1. The first-order valence-corrected chi connectivity index (χ1v) is 7.25. The summed E-state index contributed by atoms with van der Waals surface area (Å²) in [7, 11) is 1.71. The molecule has 2 rings (SSSR count). The lowest BCUT2D eigenvalue weighted by molar-refractivity contribution is 0.0833. The summed E-state index contributed by atoms with van der Waals surface area (Å²) in [6, 6.07) is 4.98. The van der Waals surface area contributed by atoms with Crippen LogP contribution in [0.4, 0.5) is 0 Å². The maximum absolute atomic E-state index is 11.8. The second kappa shape index (κ2) is 7.49. The third-order valence-electron chi connectivity index (χ3n) is 2.87. The van der Waals surface area contributed by atoms with Gasteiger partial charge in [-0.05, 0) is 12.1 Å². The molecule has 1 aromatic carbocycles. The summed E-state index contributed by atoms with van der Waals surface area (Å²) in [6.45, 7) is 0.00475. The number of nitrogens with one attached hydrogen (secondary N) is 1. The Labute approximate surface area is 137 Å². The van der Waals surface area contributed by atoms with Gasteiger partial charge in [0.05, 0.1) is 5.02 Å². The van der Waals surface area contributed by atoms with E-state index >= 15 is 0 Å². The number of ether oxygens (including phenoxy) is 1. The molecule has 1 aromatic heterocycles. The van der Waals surface area contributed by atoms with Gasteiger partial charge >= 0.3 is 0 Å². The van der Waals surface area contributed by atoms with Crippen molar-refractivity contribution >= 4 is 29.1 Å². The molecule has 2 N–H and O–H groups in total. The number of amides is 1. The molecule has 118 valence electrons. The zero-order chi connectivity index (χ0) is 16.1. The van der Waals surface area contributed by atoms with Gasteiger partial charge in [-0.2, -0.15) is 0 Å². The lowest BCUT2D eigenvalue weighted by Crippen LogP contribution is -2.36. The van der Waals surface area contributed by atoms with Crippen molar-refractivity contribution in [1.29, 1.82) is 0 Å². The summed E-state index contributed by atoms with van der Waals surface area (Å²) >= 11 is 11.8. The summed E-state index contributed by atoms with van der Waals surface area (Å²) in [5.41, 5.74) is 0. The maximum Gasteiger partial charge on any atom is 0.287 e. The van der Waals surface area contributed by atoms with Crippen LogP contribution in [0, 0.1) is 0 Å². The molecule has 1 atom stereocenters. The Hall–Kier alpha value is -1.76. The molecule has 1 amide bonds. The van der Waals surface area contributed by atoms with Gasteiger partial charge in [-0.25, -0.2) is 4.98 Å². The van der Waals surface area contributed by atoms with E-state index in [0.717, 1.165) is 0 Å². The Bertz CT molecular complexity index is 661. The second-order valence-corrected chi connectivity index (χ2v) is 5.37. The average molecular weight is 344 g/mol. The van der Waals surface area contributed by atoms with Crippen LogP contribution in [0.15, 0.2) is 30.6 Å². The first-order valence-electron chi connectivity index (χ1n) is 6.49. The monoisotopic (exact) mass is 343 g/mol. The molecule has 0 saturated heterocycles. The molecular formula is C14H15Cl2N3O3. The Balaban J connectivity index is 1.81. The molecule has 0 spiro atoms. The molecule has 8 heteroatoms. The summed E-state index contributed by atoms with van der Waals surface area (Å²) in [4.78, 5) is 15.7. The van der Waals surface area contributed by atoms with Crippen LogP contribution in [-0.2, 0) is 7.05 Å².